The van der Waals surface area contributed by atoms with E-state index in [0.29, 0.717) is 37.7 Å². The van der Waals surface area contributed by atoms with Gasteiger partial charge in [-0.3, -0.25) is 0 Å². The zero-order valence-corrected chi connectivity index (χ0v) is 14.1. The molecule has 2 rings (SSSR count). The number of thioether (sulfide) groups is 1. The monoisotopic (exact) mass is 346 g/mol. The minimum atomic E-state index is 0.353. The third-order valence-electron chi connectivity index (χ3n) is 2.53. The second kappa shape index (κ2) is 6.99. The zero-order chi connectivity index (χ0) is 14.7. The first-order chi connectivity index (χ1) is 9.47. The summed E-state index contributed by atoms with van der Waals surface area (Å²) in [5, 5.41) is 1.83. The van der Waals surface area contributed by atoms with Crippen molar-refractivity contribution in [3.63, 3.8) is 0 Å². The Balaban J connectivity index is 2.36. The maximum absolute atomic E-state index is 6.25. The highest BCUT2D eigenvalue weighted by Gasteiger charge is 2.14. The number of halogens is 3. The lowest BCUT2D eigenvalue weighted by molar-refractivity contribution is 1.02. The highest BCUT2D eigenvalue weighted by molar-refractivity contribution is 7.99. The Hall–Kier alpha value is -0.480. The fourth-order valence-electron chi connectivity index (χ4n) is 1.64. The number of benzene rings is 1. The second-order valence-corrected chi connectivity index (χ2v) is 7.18. The lowest BCUT2D eigenvalue weighted by Crippen LogP contribution is -1.99. The average molecular weight is 348 g/mol. The summed E-state index contributed by atoms with van der Waals surface area (Å²) >= 11 is 20.2. The maximum atomic E-state index is 6.25. The molecule has 2 aromatic rings. The van der Waals surface area contributed by atoms with Gasteiger partial charge in [-0.2, -0.15) is 11.8 Å². The van der Waals surface area contributed by atoms with Crippen molar-refractivity contribution in [3.8, 4) is 11.1 Å². The SMILES string of the molecule is CC(C)SCc1nc(Cl)c(-c2cccc(Cl)c2)c(Cl)n1. The molecule has 0 atom stereocenters. The van der Waals surface area contributed by atoms with Gasteiger partial charge in [0, 0.05) is 5.02 Å². The molecule has 0 saturated carbocycles. The normalized spacial score (nSPS) is 11.1. The smallest absolute Gasteiger partial charge is 0.142 e. The van der Waals surface area contributed by atoms with E-state index in [9.17, 15) is 0 Å². The molecule has 1 aromatic heterocycles. The number of aromatic nitrogens is 2. The summed E-state index contributed by atoms with van der Waals surface area (Å²) in [6.07, 6.45) is 0. The first-order valence-electron chi connectivity index (χ1n) is 6.07. The van der Waals surface area contributed by atoms with Crippen molar-refractivity contribution in [1.29, 1.82) is 0 Å². The molecule has 2 nitrogen and oxygen atoms in total. The van der Waals surface area contributed by atoms with Crippen LogP contribution in [-0.2, 0) is 5.75 Å². The van der Waals surface area contributed by atoms with Gasteiger partial charge in [0.05, 0.1) is 11.3 Å². The minimum absolute atomic E-state index is 0.353. The van der Waals surface area contributed by atoms with E-state index in [0.717, 1.165) is 5.56 Å². The highest BCUT2D eigenvalue weighted by Crippen LogP contribution is 2.34. The molecule has 0 saturated heterocycles. The predicted octanol–water partition coefficient (Wildman–Crippen LogP) is 5.75. The molecule has 106 valence electrons. The lowest BCUT2D eigenvalue weighted by Gasteiger charge is -2.09. The summed E-state index contributed by atoms with van der Waals surface area (Å²) in [7, 11) is 0. The van der Waals surface area contributed by atoms with Gasteiger partial charge in [-0.25, -0.2) is 9.97 Å². The van der Waals surface area contributed by atoms with Crippen LogP contribution in [0, 0.1) is 0 Å². The number of hydrogen-bond donors (Lipinski definition) is 0. The molecule has 0 aliphatic carbocycles. The third kappa shape index (κ3) is 4.01. The fourth-order valence-corrected chi connectivity index (χ4v) is 3.08. The summed E-state index contributed by atoms with van der Waals surface area (Å²) in [5.74, 6) is 1.33. The van der Waals surface area contributed by atoms with E-state index in [1.165, 1.54) is 0 Å². The van der Waals surface area contributed by atoms with Gasteiger partial charge in [0.15, 0.2) is 0 Å². The number of hydrogen-bond acceptors (Lipinski definition) is 3. The van der Waals surface area contributed by atoms with E-state index in [2.05, 4.69) is 23.8 Å². The molecule has 0 N–H and O–H groups in total. The molecular formula is C14H13Cl3N2S. The van der Waals surface area contributed by atoms with Crippen molar-refractivity contribution in [2.75, 3.05) is 0 Å². The van der Waals surface area contributed by atoms with Crippen LogP contribution in [0.1, 0.15) is 19.7 Å². The third-order valence-corrected chi connectivity index (χ3v) is 4.40. The van der Waals surface area contributed by atoms with E-state index in [-0.39, 0.29) is 0 Å². The Bertz CT molecular complexity index is 594. The van der Waals surface area contributed by atoms with Crippen LogP contribution in [-0.4, -0.2) is 15.2 Å². The van der Waals surface area contributed by atoms with Crippen molar-refractivity contribution in [2.45, 2.75) is 24.9 Å². The molecular weight excluding hydrogens is 335 g/mol. The van der Waals surface area contributed by atoms with Crippen molar-refractivity contribution >= 4 is 46.6 Å². The fraction of sp³-hybridized carbons (Fsp3) is 0.286. The van der Waals surface area contributed by atoms with Gasteiger partial charge in [-0.15, -0.1) is 0 Å². The van der Waals surface area contributed by atoms with Crippen LogP contribution < -0.4 is 0 Å². The first kappa shape index (κ1) is 15.9. The summed E-state index contributed by atoms with van der Waals surface area (Å²) in [4.78, 5) is 8.64. The minimum Gasteiger partial charge on any atom is -0.220 e. The van der Waals surface area contributed by atoms with Crippen LogP contribution in [0.4, 0.5) is 0 Å². The molecule has 1 heterocycles. The van der Waals surface area contributed by atoms with Crippen LogP contribution >= 0.6 is 46.6 Å². The molecule has 0 amide bonds. The molecule has 0 unspecified atom stereocenters. The molecule has 0 spiro atoms. The van der Waals surface area contributed by atoms with Crippen LogP contribution in [0.15, 0.2) is 24.3 Å². The Morgan fingerprint density at radius 3 is 2.30 bits per heavy atom. The number of nitrogens with zero attached hydrogens (tertiary/aromatic N) is 2. The molecule has 20 heavy (non-hydrogen) atoms. The van der Waals surface area contributed by atoms with Crippen molar-refractivity contribution in [1.82, 2.24) is 9.97 Å². The Labute approximate surface area is 137 Å². The van der Waals surface area contributed by atoms with Crippen molar-refractivity contribution in [2.24, 2.45) is 0 Å². The van der Waals surface area contributed by atoms with Gasteiger partial charge in [0.2, 0.25) is 0 Å². The van der Waals surface area contributed by atoms with E-state index < -0.39 is 0 Å². The largest absolute Gasteiger partial charge is 0.220 e. The summed E-state index contributed by atoms with van der Waals surface area (Å²) in [6.45, 7) is 4.24. The Morgan fingerprint density at radius 1 is 1.10 bits per heavy atom. The Kier molecular flexibility index (Phi) is 5.56. The molecule has 0 bridgehead atoms. The van der Waals surface area contributed by atoms with Crippen LogP contribution in [0.2, 0.25) is 15.3 Å². The summed E-state index contributed by atoms with van der Waals surface area (Å²) < 4.78 is 0. The summed E-state index contributed by atoms with van der Waals surface area (Å²) in [5.41, 5.74) is 1.43. The van der Waals surface area contributed by atoms with Crippen molar-refractivity contribution < 1.29 is 0 Å². The quantitative estimate of drug-likeness (QED) is 0.659. The van der Waals surface area contributed by atoms with Gasteiger partial charge < -0.3 is 0 Å². The van der Waals surface area contributed by atoms with Crippen LogP contribution in [0.3, 0.4) is 0 Å². The van der Waals surface area contributed by atoms with Gasteiger partial charge in [-0.05, 0) is 22.9 Å². The average Bonchev–Trinajstić information content (AvgIpc) is 2.35. The van der Waals surface area contributed by atoms with Gasteiger partial charge >= 0.3 is 0 Å². The standard InChI is InChI=1S/C14H13Cl3N2S/c1-8(2)20-7-11-18-13(16)12(14(17)19-11)9-4-3-5-10(15)6-9/h3-6,8H,7H2,1-2H3. The molecule has 0 aliphatic rings. The van der Waals surface area contributed by atoms with Crippen LogP contribution in [0.5, 0.6) is 0 Å². The maximum Gasteiger partial charge on any atom is 0.142 e. The molecule has 6 heteroatoms. The Morgan fingerprint density at radius 2 is 1.75 bits per heavy atom. The topological polar surface area (TPSA) is 25.8 Å². The summed E-state index contributed by atoms with van der Waals surface area (Å²) in [6, 6.07) is 7.31. The van der Waals surface area contributed by atoms with Gasteiger partial charge in [0.1, 0.15) is 16.1 Å². The molecule has 0 fully saturated rings. The van der Waals surface area contributed by atoms with Gasteiger partial charge in [0.25, 0.3) is 0 Å². The van der Waals surface area contributed by atoms with E-state index in [1.807, 2.05) is 12.1 Å². The lowest BCUT2D eigenvalue weighted by atomic mass is 10.1. The van der Waals surface area contributed by atoms with Crippen molar-refractivity contribution in [3.05, 3.63) is 45.4 Å². The zero-order valence-electron chi connectivity index (χ0n) is 11.0. The predicted molar refractivity (Wildman–Crippen MR) is 88.9 cm³/mol. The van der Waals surface area contributed by atoms with Gasteiger partial charge in [-0.1, -0.05) is 60.8 Å². The molecule has 0 aliphatic heterocycles. The number of rotatable bonds is 4. The van der Waals surface area contributed by atoms with Crippen LogP contribution in [0.25, 0.3) is 11.1 Å². The van der Waals surface area contributed by atoms with E-state index >= 15 is 0 Å². The van der Waals surface area contributed by atoms with E-state index in [1.54, 1.807) is 23.9 Å². The molecule has 0 radical (unpaired) electrons. The highest BCUT2D eigenvalue weighted by atomic mass is 35.5. The second-order valence-electron chi connectivity index (χ2n) is 4.47. The molecule has 1 aromatic carbocycles. The van der Waals surface area contributed by atoms with E-state index in [4.69, 9.17) is 34.8 Å². The first-order valence-corrected chi connectivity index (χ1v) is 8.25.